The number of methoxy groups -OCH3 is 1. The van der Waals surface area contributed by atoms with Gasteiger partial charge in [0.05, 0.1) is 7.11 Å². The summed E-state index contributed by atoms with van der Waals surface area (Å²) in [6.07, 6.45) is 0.136. The van der Waals surface area contributed by atoms with Gasteiger partial charge in [0.1, 0.15) is 23.3 Å². The Morgan fingerprint density at radius 3 is 2.10 bits per heavy atom. The van der Waals surface area contributed by atoms with Gasteiger partial charge in [0, 0.05) is 6.42 Å². The largest absolute Gasteiger partial charge is 0.508 e. The molecule has 2 rings (SSSR count). The van der Waals surface area contributed by atoms with Gasteiger partial charge in [-0.15, -0.1) is 0 Å². The van der Waals surface area contributed by atoms with Gasteiger partial charge in [0.2, 0.25) is 0 Å². The lowest BCUT2D eigenvalue weighted by Crippen LogP contribution is -2.44. The molecule has 0 aromatic heterocycles. The van der Waals surface area contributed by atoms with Crippen molar-refractivity contribution in [2.75, 3.05) is 20.3 Å². The molecule has 1 atom stereocenters. The van der Waals surface area contributed by atoms with Crippen LogP contribution >= 0.6 is 0 Å². The van der Waals surface area contributed by atoms with Gasteiger partial charge in [-0.05, 0) is 42.0 Å². The van der Waals surface area contributed by atoms with E-state index in [4.69, 9.17) is 9.47 Å². The molecule has 2 aromatic carbocycles. The number of carbonyl (C=O) groups excluding carboxylic acids is 3. The van der Waals surface area contributed by atoms with Gasteiger partial charge in [-0.25, -0.2) is 9.59 Å². The van der Waals surface area contributed by atoms with Crippen LogP contribution in [0.25, 0.3) is 0 Å². The smallest absolute Gasteiger partial charge is 0.344 e. The molecule has 0 aliphatic heterocycles. The highest BCUT2D eigenvalue weighted by Crippen LogP contribution is 2.15. The van der Waals surface area contributed by atoms with E-state index in [-0.39, 0.29) is 17.9 Å². The van der Waals surface area contributed by atoms with Crippen LogP contribution in [-0.4, -0.2) is 54.4 Å². The van der Waals surface area contributed by atoms with Crippen LogP contribution in [0.5, 0.6) is 17.2 Å². The van der Waals surface area contributed by atoms with Gasteiger partial charge < -0.3 is 29.7 Å². The van der Waals surface area contributed by atoms with Crippen molar-refractivity contribution in [3.8, 4) is 17.2 Å². The van der Waals surface area contributed by atoms with Gasteiger partial charge in [0.25, 0.3) is 5.91 Å². The van der Waals surface area contributed by atoms with E-state index in [1.807, 2.05) is 0 Å². The van der Waals surface area contributed by atoms with E-state index in [1.54, 1.807) is 12.1 Å². The average Bonchev–Trinajstić information content (AvgIpc) is 2.72. The fourth-order valence-corrected chi connectivity index (χ4v) is 2.31. The van der Waals surface area contributed by atoms with Crippen molar-refractivity contribution in [1.82, 2.24) is 5.32 Å². The van der Waals surface area contributed by atoms with Crippen molar-refractivity contribution in [1.29, 1.82) is 0 Å². The first-order chi connectivity index (χ1) is 13.9. The zero-order valence-corrected chi connectivity index (χ0v) is 15.7. The first kappa shape index (κ1) is 21.5. The van der Waals surface area contributed by atoms with Crippen LogP contribution in [0.1, 0.15) is 5.56 Å². The van der Waals surface area contributed by atoms with E-state index in [1.165, 1.54) is 43.5 Å². The Hall–Kier alpha value is -3.75. The summed E-state index contributed by atoms with van der Waals surface area (Å²) in [5.41, 5.74) is 0.692. The summed E-state index contributed by atoms with van der Waals surface area (Å²) in [5, 5.41) is 20.9. The number of hydrogen-bond acceptors (Lipinski definition) is 8. The molecule has 0 heterocycles. The normalized spacial score (nSPS) is 11.2. The monoisotopic (exact) mass is 403 g/mol. The molecule has 0 radical (unpaired) electrons. The molecule has 0 aliphatic rings. The number of carbonyl (C=O) groups is 3. The number of esters is 2. The molecule has 9 heteroatoms. The molecular formula is C20H21NO8. The minimum absolute atomic E-state index is 0.0593. The third-order valence-electron chi connectivity index (χ3n) is 3.75. The predicted octanol–water partition coefficient (Wildman–Crippen LogP) is 0.920. The Kier molecular flexibility index (Phi) is 7.84. The Balaban J connectivity index is 1.80. The Morgan fingerprint density at radius 1 is 0.931 bits per heavy atom. The second-order valence-electron chi connectivity index (χ2n) is 5.96. The summed E-state index contributed by atoms with van der Waals surface area (Å²) in [7, 11) is 1.19. The molecule has 1 amide bonds. The van der Waals surface area contributed by atoms with Crippen LogP contribution in [-0.2, 0) is 30.3 Å². The Labute approximate surface area is 166 Å². The van der Waals surface area contributed by atoms with Crippen LogP contribution in [0.15, 0.2) is 48.5 Å². The zero-order valence-electron chi connectivity index (χ0n) is 15.7. The maximum absolute atomic E-state index is 12.0. The first-order valence-corrected chi connectivity index (χ1v) is 8.60. The third kappa shape index (κ3) is 7.41. The molecule has 0 bridgehead atoms. The van der Waals surface area contributed by atoms with Crippen LogP contribution in [0.3, 0.4) is 0 Å². The molecule has 0 saturated carbocycles. The highest BCUT2D eigenvalue weighted by molar-refractivity contribution is 5.86. The summed E-state index contributed by atoms with van der Waals surface area (Å²) >= 11 is 0. The van der Waals surface area contributed by atoms with Crippen molar-refractivity contribution in [2.24, 2.45) is 0 Å². The van der Waals surface area contributed by atoms with Crippen molar-refractivity contribution in [3.63, 3.8) is 0 Å². The maximum atomic E-state index is 12.0. The van der Waals surface area contributed by atoms with Crippen LogP contribution < -0.4 is 10.1 Å². The van der Waals surface area contributed by atoms with Gasteiger partial charge >= 0.3 is 11.9 Å². The Bertz CT molecular complexity index is 833. The zero-order chi connectivity index (χ0) is 21.2. The Morgan fingerprint density at radius 2 is 1.52 bits per heavy atom. The number of benzene rings is 2. The molecule has 29 heavy (non-hydrogen) atoms. The van der Waals surface area contributed by atoms with Gasteiger partial charge in [-0.3, -0.25) is 4.79 Å². The fraction of sp³-hybridized carbons (Fsp3) is 0.250. The molecular weight excluding hydrogens is 382 g/mol. The van der Waals surface area contributed by atoms with E-state index in [0.29, 0.717) is 11.3 Å². The lowest BCUT2D eigenvalue weighted by Gasteiger charge is -2.16. The summed E-state index contributed by atoms with van der Waals surface area (Å²) < 4.78 is 14.7. The lowest BCUT2D eigenvalue weighted by molar-refractivity contribution is -0.151. The molecule has 3 N–H and O–H groups in total. The summed E-state index contributed by atoms with van der Waals surface area (Å²) in [6, 6.07) is 10.9. The first-order valence-electron chi connectivity index (χ1n) is 8.60. The van der Waals surface area contributed by atoms with Crippen molar-refractivity contribution < 1.29 is 38.8 Å². The molecule has 2 aromatic rings. The SMILES string of the molecule is COC(=O)C(Cc1ccc(O)cc1)NC(=O)COC(=O)COc1ccc(O)cc1. The summed E-state index contributed by atoms with van der Waals surface area (Å²) in [4.78, 5) is 35.6. The van der Waals surface area contributed by atoms with Crippen LogP contribution in [0.2, 0.25) is 0 Å². The predicted molar refractivity (Wildman–Crippen MR) is 100 cm³/mol. The molecule has 0 spiro atoms. The average molecular weight is 403 g/mol. The summed E-state index contributed by atoms with van der Waals surface area (Å²) in [5.74, 6) is -1.63. The standard InChI is InChI=1S/C20H21NO8/c1-27-20(26)17(10-13-2-4-14(22)5-3-13)21-18(24)11-29-19(25)12-28-16-8-6-15(23)7-9-16/h2-9,17,22-23H,10-12H2,1H3,(H,21,24). The number of phenols is 2. The fourth-order valence-electron chi connectivity index (χ4n) is 2.31. The molecule has 9 nitrogen and oxygen atoms in total. The number of nitrogens with one attached hydrogen (secondary N) is 1. The number of amides is 1. The number of rotatable bonds is 9. The summed E-state index contributed by atoms with van der Waals surface area (Å²) in [6.45, 7) is -1.02. The molecule has 154 valence electrons. The molecule has 0 fully saturated rings. The molecule has 0 saturated heterocycles. The second-order valence-corrected chi connectivity index (χ2v) is 5.96. The minimum Gasteiger partial charge on any atom is -0.508 e. The van der Waals surface area contributed by atoms with Gasteiger partial charge in [-0.1, -0.05) is 12.1 Å². The maximum Gasteiger partial charge on any atom is 0.344 e. The van der Waals surface area contributed by atoms with E-state index in [0.717, 1.165) is 0 Å². The second kappa shape index (κ2) is 10.5. The topological polar surface area (TPSA) is 131 Å². The van der Waals surface area contributed by atoms with E-state index in [9.17, 15) is 24.6 Å². The van der Waals surface area contributed by atoms with Crippen molar-refractivity contribution >= 4 is 17.8 Å². The quantitative estimate of drug-likeness (QED) is 0.527. The van der Waals surface area contributed by atoms with Crippen molar-refractivity contribution in [3.05, 3.63) is 54.1 Å². The van der Waals surface area contributed by atoms with E-state index >= 15 is 0 Å². The highest BCUT2D eigenvalue weighted by Gasteiger charge is 2.22. The minimum atomic E-state index is -0.982. The number of hydrogen-bond donors (Lipinski definition) is 3. The highest BCUT2D eigenvalue weighted by atomic mass is 16.6. The molecule has 1 unspecified atom stereocenters. The lowest BCUT2D eigenvalue weighted by atomic mass is 10.1. The van der Waals surface area contributed by atoms with Gasteiger partial charge in [-0.2, -0.15) is 0 Å². The number of phenolic OH excluding ortho intramolecular Hbond substituents is 2. The third-order valence-corrected chi connectivity index (χ3v) is 3.75. The molecule has 0 aliphatic carbocycles. The number of ether oxygens (including phenoxy) is 3. The number of aromatic hydroxyl groups is 2. The van der Waals surface area contributed by atoms with Gasteiger partial charge in [0.15, 0.2) is 13.2 Å². The van der Waals surface area contributed by atoms with Crippen LogP contribution in [0, 0.1) is 0 Å². The van der Waals surface area contributed by atoms with Crippen LogP contribution in [0.4, 0.5) is 0 Å². The van der Waals surface area contributed by atoms with E-state index in [2.05, 4.69) is 10.1 Å². The van der Waals surface area contributed by atoms with Crippen molar-refractivity contribution in [2.45, 2.75) is 12.5 Å². The van der Waals surface area contributed by atoms with E-state index < -0.39 is 37.1 Å².